The maximum absolute atomic E-state index is 12.4. The molecule has 6 heteroatoms. The van der Waals surface area contributed by atoms with Gasteiger partial charge < -0.3 is 20.8 Å². The predicted octanol–water partition coefficient (Wildman–Crippen LogP) is 5.02. The number of fused-ring (bicyclic) bond motifs is 1. The lowest BCUT2D eigenvalue weighted by molar-refractivity contribution is 0.262. The lowest BCUT2D eigenvalue weighted by atomic mass is 10.1. The molecule has 3 aromatic rings. The van der Waals surface area contributed by atoms with Crippen molar-refractivity contribution in [2.24, 2.45) is 0 Å². The van der Waals surface area contributed by atoms with E-state index >= 15 is 0 Å². The number of carbonyl (C=O) groups is 1. The monoisotopic (exact) mass is 365 g/mol. The summed E-state index contributed by atoms with van der Waals surface area (Å²) in [6, 6.07) is 11.7. The van der Waals surface area contributed by atoms with Crippen molar-refractivity contribution in [3.8, 4) is 11.5 Å². The van der Waals surface area contributed by atoms with Gasteiger partial charge in [0, 0.05) is 11.6 Å². The van der Waals surface area contributed by atoms with E-state index in [4.69, 9.17) is 0 Å². The third-order valence-electron chi connectivity index (χ3n) is 4.36. The van der Waals surface area contributed by atoms with Gasteiger partial charge in [0.2, 0.25) is 0 Å². The van der Waals surface area contributed by atoms with Crippen molar-refractivity contribution in [2.45, 2.75) is 32.6 Å². The Bertz CT molecular complexity index is 928. The van der Waals surface area contributed by atoms with Crippen LogP contribution in [0.4, 0.5) is 16.2 Å². The molecule has 0 saturated heterocycles. The zero-order valence-corrected chi connectivity index (χ0v) is 15.2. The van der Waals surface area contributed by atoms with E-state index in [1.54, 1.807) is 36.5 Å². The third kappa shape index (κ3) is 4.47. The predicted molar refractivity (Wildman–Crippen MR) is 107 cm³/mol. The van der Waals surface area contributed by atoms with E-state index in [2.05, 4.69) is 22.5 Å². The Labute approximate surface area is 157 Å². The number of nitrogens with one attached hydrogen (secondary N) is 2. The number of hydrogen-bond acceptors (Lipinski definition) is 4. The second-order valence-corrected chi connectivity index (χ2v) is 6.42. The molecule has 6 nitrogen and oxygen atoms in total. The van der Waals surface area contributed by atoms with E-state index in [9.17, 15) is 15.0 Å². The van der Waals surface area contributed by atoms with Crippen LogP contribution >= 0.6 is 0 Å². The summed E-state index contributed by atoms with van der Waals surface area (Å²) in [6.07, 6.45) is 5.62. The summed E-state index contributed by atoms with van der Waals surface area (Å²) < 4.78 is 0. The van der Waals surface area contributed by atoms with Crippen LogP contribution < -0.4 is 10.6 Å². The molecule has 0 saturated carbocycles. The molecule has 0 spiro atoms. The number of anilines is 2. The number of urea groups is 1. The van der Waals surface area contributed by atoms with E-state index in [0.717, 1.165) is 42.1 Å². The molecule has 0 aliphatic carbocycles. The molecule has 2 aromatic carbocycles. The summed E-state index contributed by atoms with van der Waals surface area (Å²) in [5.41, 5.74) is 2.18. The first-order valence-electron chi connectivity index (χ1n) is 9.05. The Morgan fingerprint density at radius 1 is 1.04 bits per heavy atom. The first kappa shape index (κ1) is 18.5. The topological polar surface area (TPSA) is 94.5 Å². The number of phenolic OH excluding ortho intramolecular Hbond substituents is 2. The Morgan fingerprint density at radius 2 is 1.81 bits per heavy atom. The summed E-state index contributed by atoms with van der Waals surface area (Å²) in [5, 5.41) is 26.5. The fourth-order valence-electron chi connectivity index (χ4n) is 3.00. The summed E-state index contributed by atoms with van der Waals surface area (Å²) in [7, 11) is 0. The Balaban J connectivity index is 1.74. The largest absolute Gasteiger partial charge is 0.506 e. The molecule has 1 heterocycles. The number of aromatic nitrogens is 1. The number of amides is 2. The molecule has 3 rings (SSSR count). The van der Waals surface area contributed by atoms with Crippen molar-refractivity contribution in [1.82, 2.24) is 4.98 Å². The van der Waals surface area contributed by atoms with Crippen molar-refractivity contribution >= 4 is 28.3 Å². The van der Waals surface area contributed by atoms with Crippen molar-refractivity contribution in [3.63, 3.8) is 0 Å². The highest BCUT2D eigenvalue weighted by molar-refractivity contribution is 6.06. The Kier molecular flexibility index (Phi) is 5.76. The number of unbranched alkanes of at least 4 members (excludes halogenated alkanes) is 2. The van der Waals surface area contributed by atoms with Crippen LogP contribution in [0.1, 0.15) is 31.7 Å². The van der Waals surface area contributed by atoms with Crippen LogP contribution in [0.3, 0.4) is 0 Å². The number of hydrogen-bond donors (Lipinski definition) is 4. The molecular formula is C21H23N3O3. The first-order valence-corrected chi connectivity index (χ1v) is 9.05. The van der Waals surface area contributed by atoms with Crippen molar-refractivity contribution in [2.75, 3.05) is 10.6 Å². The highest BCUT2D eigenvalue weighted by atomic mass is 16.3. The molecule has 0 atom stereocenters. The van der Waals surface area contributed by atoms with E-state index in [1.807, 2.05) is 12.1 Å². The fraction of sp³-hybridized carbons (Fsp3) is 0.238. The minimum Gasteiger partial charge on any atom is -0.506 e. The minimum atomic E-state index is -0.560. The van der Waals surface area contributed by atoms with Gasteiger partial charge in [-0.1, -0.05) is 25.8 Å². The Hall–Kier alpha value is -3.28. The molecule has 0 aliphatic heterocycles. The first-order chi connectivity index (χ1) is 13.1. The number of rotatable bonds is 6. The third-order valence-corrected chi connectivity index (χ3v) is 4.36. The fourth-order valence-corrected chi connectivity index (χ4v) is 3.00. The summed E-state index contributed by atoms with van der Waals surface area (Å²) in [4.78, 5) is 16.6. The number of benzene rings is 2. The maximum Gasteiger partial charge on any atom is 0.323 e. The Morgan fingerprint density at radius 3 is 2.56 bits per heavy atom. The van der Waals surface area contributed by atoms with Crippen molar-refractivity contribution in [1.29, 1.82) is 0 Å². The minimum absolute atomic E-state index is 0.00916. The van der Waals surface area contributed by atoms with Crippen LogP contribution in [0, 0.1) is 0 Å². The van der Waals surface area contributed by atoms with E-state index in [-0.39, 0.29) is 17.2 Å². The number of aromatic hydroxyl groups is 2. The zero-order valence-electron chi connectivity index (χ0n) is 15.2. The second-order valence-electron chi connectivity index (χ2n) is 6.42. The van der Waals surface area contributed by atoms with E-state index in [1.165, 1.54) is 0 Å². The zero-order chi connectivity index (χ0) is 19.2. The van der Waals surface area contributed by atoms with Crippen LogP contribution in [-0.2, 0) is 6.42 Å². The van der Waals surface area contributed by atoms with Gasteiger partial charge in [0.15, 0.2) is 0 Å². The summed E-state index contributed by atoms with van der Waals surface area (Å²) >= 11 is 0. The summed E-state index contributed by atoms with van der Waals surface area (Å²) in [6.45, 7) is 2.12. The molecule has 140 valence electrons. The van der Waals surface area contributed by atoms with Gasteiger partial charge in [-0.05, 0) is 54.8 Å². The lowest BCUT2D eigenvalue weighted by Crippen LogP contribution is -2.19. The number of pyridine rings is 1. The van der Waals surface area contributed by atoms with Crippen molar-refractivity contribution < 1.29 is 15.0 Å². The molecule has 4 N–H and O–H groups in total. The van der Waals surface area contributed by atoms with Gasteiger partial charge in [0.05, 0.1) is 11.2 Å². The normalized spacial score (nSPS) is 10.7. The summed E-state index contributed by atoms with van der Waals surface area (Å²) in [5.74, 6) is -0.313. The number of carbonyl (C=O) groups excluding carboxylic acids is 1. The maximum atomic E-state index is 12.4. The molecule has 1 aromatic heterocycles. The van der Waals surface area contributed by atoms with Crippen LogP contribution in [0.25, 0.3) is 10.9 Å². The molecular weight excluding hydrogens is 342 g/mol. The number of aryl methyl sites for hydroxylation is 1. The second kappa shape index (κ2) is 8.40. The molecule has 2 amide bonds. The van der Waals surface area contributed by atoms with Gasteiger partial charge in [-0.15, -0.1) is 0 Å². The van der Waals surface area contributed by atoms with E-state index in [0.29, 0.717) is 5.69 Å². The lowest BCUT2D eigenvalue weighted by Gasteiger charge is -2.13. The molecule has 0 unspecified atom stereocenters. The quantitative estimate of drug-likeness (QED) is 0.364. The average Bonchev–Trinajstić information content (AvgIpc) is 2.65. The number of nitrogens with zero attached hydrogens (tertiary/aromatic N) is 1. The standard InChI is InChI=1S/C21H23N3O3/c1-2-3-4-7-14-12-18(25)20(19(26)13-14)24-21(27)23-17-10-5-9-16-15(17)8-6-11-22-16/h5-6,8-13,25-26H,2-4,7H2,1H3,(H2,23,24,27). The average molecular weight is 365 g/mol. The van der Waals surface area contributed by atoms with Gasteiger partial charge in [-0.25, -0.2) is 4.79 Å². The van der Waals surface area contributed by atoms with Gasteiger partial charge in [-0.3, -0.25) is 4.98 Å². The van der Waals surface area contributed by atoms with Crippen LogP contribution in [0.15, 0.2) is 48.7 Å². The van der Waals surface area contributed by atoms with Gasteiger partial charge in [0.25, 0.3) is 0 Å². The van der Waals surface area contributed by atoms with Gasteiger partial charge in [-0.2, -0.15) is 0 Å². The van der Waals surface area contributed by atoms with Gasteiger partial charge in [0.1, 0.15) is 17.2 Å². The van der Waals surface area contributed by atoms with Crippen LogP contribution in [-0.4, -0.2) is 21.2 Å². The van der Waals surface area contributed by atoms with Crippen LogP contribution in [0.2, 0.25) is 0 Å². The molecule has 27 heavy (non-hydrogen) atoms. The highest BCUT2D eigenvalue weighted by Crippen LogP contribution is 2.35. The van der Waals surface area contributed by atoms with Crippen molar-refractivity contribution in [3.05, 3.63) is 54.2 Å². The molecule has 0 bridgehead atoms. The molecule has 0 aliphatic rings. The highest BCUT2D eigenvalue weighted by Gasteiger charge is 2.14. The molecule has 0 radical (unpaired) electrons. The van der Waals surface area contributed by atoms with E-state index < -0.39 is 6.03 Å². The van der Waals surface area contributed by atoms with Gasteiger partial charge >= 0.3 is 6.03 Å². The van der Waals surface area contributed by atoms with Crippen LogP contribution in [0.5, 0.6) is 11.5 Å². The number of phenols is 2. The molecule has 0 fully saturated rings. The smallest absolute Gasteiger partial charge is 0.323 e. The SMILES string of the molecule is CCCCCc1cc(O)c(NC(=O)Nc2cccc3ncccc23)c(O)c1.